The van der Waals surface area contributed by atoms with Crippen LogP contribution in [0.3, 0.4) is 0 Å². The lowest BCUT2D eigenvalue weighted by molar-refractivity contribution is -0.122. The molecule has 3 aromatic rings. The second-order valence-electron chi connectivity index (χ2n) is 7.71. The van der Waals surface area contributed by atoms with E-state index in [4.69, 9.17) is 17.3 Å². The fraction of sp³-hybridized carbons (Fsp3) is 0.120. The minimum Gasteiger partial charge on any atom is -0.478 e. The maximum Gasteiger partial charge on any atom is 0.335 e. The number of benzene rings is 2. The maximum absolute atomic E-state index is 13.7. The Kier molecular flexibility index (Phi) is 7.94. The summed E-state index contributed by atoms with van der Waals surface area (Å²) in [6.45, 7) is -0.124. The Bertz CT molecular complexity index is 1380. The SMILES string of the molecule is O=C(CCN1C(=O)/C(=C/c2cc(-c3cc(F)ccc3CO)cs2)SC1=S)Nc1ccc(C(=O)O)cc1. The van der Waals surface area contributed by atoms with E-state index in [0.717, 1.165) is 22.2 Å². The standard InChI is InChI=1S/C25H19FN2O5S3/c26-17-4-1-15(12-29)20(10-17)16-9-19(35-13-16)11-21-23(31)28(25(34)36-21)8-7-22(30)27-18-5-2-14(3-6-18)24(32)33/h1-6,9-11,13,29H,7-8,12H2,(H,27,30)(H,32,33)/b21-11-. The molecular weight excluding hydrogens is 523 g/mol. The van der Waals surface area contributed by atoms with Gasteiger partial charge in [-0.25, -0.2) is 9.18 Å². The zero-order valence-corrected chi connectivity index (χ0v) is 21.0. The number of thiophene rings is 1. The number of thiocarbonyl (C=S) groups is 1. The smallest absolute Gasteiger partial charge is 0.335 e. The number of halogens is 1. The highest BCUT2D eigenvalue weighted by atomic mass is 32.2. The molecule has 36 heavy (non-hydrogen) atoms. The van der Waals surface area contributed by atoms with Crippen molar-refractivity contribution in [2.24, 2.45) is 0 Å². The van der Waals surface area contributed by atoms with Gasteiger partial charge in [-0.05, 0) is 70.6 Å². The van der Waals surface area contributed by atoms with E-state index in [2.05, 4.69) is 5.32 Å². The van der Waals surface area contributed by atoms with Crippen molar-refractivity contribution in [3.05, 3.63) is 80.6 Å². The van der Waals surface area contributed by atoms with Crippen LogP contribution in [0.25, 0.3) is 17.2 Å². The van der Waals surface area contributed by atoms with Crippen LogP contribution in [0.4, 0.5) is 10.1 Å². The van der Waals surface area contributed by atoms with Gasteiger partial charge in [0.2, 0.25) is 5.91 Å². The number of carboxylic acid groups (broad SMARTS) is 1. The molecule has 2 amide bonds. The Labute approximate surface area is 219 Å². The molecule has 0 unspecified atom stereocenters. The predicted molar refractivity (Wildman–Crippen MR) is 142 cm³/mol. The molecular formula is C25H19FN2O5S3. The van der Waals surface area contributed by atoms with E-state index in [0.29, 0.717) is 26.0 Å². The van der Waals surface area contributed by atoms with Gasteiger partial charge in [-0.2, -0.15) is 0 Å². The number of aliphatic hydroxyl groups excluding tert-OH is 1. The molecule has 0 radical (unpaired) electrons. The molecule has 0 atom stereocenters. The minimum atomic E-state index is -1.06. The number of thioether (sulfide) groups is 1. The number of nitrogens with zero attached hydrogens (tertiary/aromatic N) is 1. The van der Waals surface area contributed by atoms with Crippen LogP contribution >= 0.6 is 35.3 Å². The first-order chi connectivity index (χ1) is 17.2. The Morgan fingerprint density at radius 3 is 2.58 bits per heavy atom. The third kappa shape index (κ3) is 5.88. The zero-order valence-electron chi connectivity index (χ0n) is 18.6. The number of hydrogen-bond acceptors (Lipinski definition) is 7. The number of carbonyl (C=O) groups is 3. The second kappa shape index (κ2) is 11.1. The number of aromatic carboxylic acids is 1. The molecule has 1 aromatic heterocycles. The van der Waals surface area contributed by atoms with Crippen molar-refractivity contribution < 1.29 is 29.0 Å². The molecule has 4 rings (SSSR count). The fourth-order valence-corrected chi connectivity index (χ4v) is 5.69. The Morgan fingerprint density at radius 1 is 1.14 bits per heavy atom. The van der Waals surface area contributed by atoms with Crippen molar-refractivity contribution in [3.8, 4) is 11.1 Å². The largest absolute Gasteiger partial charge is 0.478 e. The monoisotopic (exact) mass is 542 g/mol. The van der Waals surface area contributed by atoms with Crippen LogP contribution in [0.15, 0.2) is 58.8 Å². The van der Waals surface area contributed by atoms with E-state index < -0.39 is 11.8 Å². The van der Waals surface area contributed by atoms with Crippen LogP contribution in [0, 0.1) is 5.82 Å². The molecule has 3 N–H and O–H groups in total. The molecule has 2 aromatic carbocycles. The Morgan fingerprint density at radius 2 is 1.89 bits per heavy atom. The van der Waals surface area contributed by atoms with Crippen LogP contribution in [0.5, 0.6) is 0 Å². The summed E-state index contributed by atoms with van der Waals surface area (Å²) >= 11 is 7.85. The summed E-state index contributed by atoms with van der Waals surface area (Å²) in [5.41, 5.74) is 2.48. The second-order valence-corrected chi connectivity index (χ2v) is 10.3. The van der Waals surface area contributed by atoms with Crippen LogP contribution < -0.4 is 5.32 Å². The van der Waals surface area contributed by atoms with E-state index >= 15 is 0 Å². The summed E-state index contributed by atoms with van der Waals surface area (Å²) in [5, 5.41) is 23.0. The highest BCUT2D eigenvalue weighted by Crippen LogP contribution is 2.36. The fourth-order valence-electron chi connectivity index (χ4n) is 3.48. The Balaban J connectivity index is 1.39. The number of anilines is 1. The maximum atomic E-state index is 13.7. The third-order valence-corrected chi connectivity index (χ3v) is 7.56. The van der Waals surface area contributed by atoms with Gasteiger partial charge in [-0.3, -0.25) is 14.5 Å². The van der Waals surface area contributed by atoms with Crippen molar-refractivity contribution in [1.29, 1.82) is 0 Å². The lowest BCUT2D eigenvalue weighted by Crippen LogP contribution is -2.31. The lowest BCUT2D eigenvalue weighted by Gasteiger charge is -2.14. The summed E-state index contributed by atoms with van der Waals surface area (Å²) < 4.78 is 14.1. The van der Waals surface area contributed by atoms with Gasteiger partial charge >= 0.3 is 5.97 Å². The van der Waals surface area contributed by atoms with E-state index in [9.17, 15) is 23.9 Å². The van der Waals surface area contributed by atoms with Gasteiger partial charge in [-0.1, -0.05) is 30.0 Å². The van der Waals surface area contributed by atoms with Gasteiger partial charge in [-0.15, -0.1) is 11.3 Å². The van der Waals surface area contributed by atoms with Crippen molar-refractivity contribution in [2.45, 2.75) is 13.0 Å². The van der Waals surface area contributed by atoms with Crippen LogP contribution in [-0.2, 0) is 16.2 Å². The molecule has 1 aliphatic heterocycles. The molecule has 184 valence electrons. The number of aliphatic hydroxyl groups is 1. The molecule has 1 fully saturated rings. The topological polar surface area (TPSA) is 107 Å². The van der Waals surface area contributed by atoms with Crippen molar-refractivity contribution in [1.82, 2.24) is 4.90 Å². The Hall–Kier alpha value is -3.38. The molecule has 0 bridgehead atoms. The third-order valence-electron chi connectivity index (χ3n) is 5.30. The summed E-state index contributed by atoms with van der Waals surface area (Å²) in [5.74, 6) is -2.11. The molecule has 0 spiro atoms. The molecule has 7 nitrogen and oxygen atoms in total. The highest BCUT2D eigenvalue weighted by molar-refractivity contribution is 8.26. The first kappa shape index (κ1) is 25.7. The molecule has 11 heteroatoms. The average Bonchev–Trinajstić information content (AvgIpc) is 3.42. The van der Waals surface area contributed by atoms with Gasteiger partial charge in [0, 0.05) is 23.5 Å². The first-order valence-corrected chi connectivity index (χ1v) is 12.7. The summed E-state index contributed by atoms with van der Waals surface area (Å²) in [6, 6.07) is 11.8. The van der Waals surface area contributed by atoms with Crippen LogP contribution in [-0.4, -0.2) is 43.8 Å². The quantitative estimate of drug-likeness (QED) is 0.272. The van der Waals surface area contributed by atoms with Crippen molar-refractivity contribution in [2.75, 3.05) is 11.9 Å². The van der Waals surface area contributed by atoms with E-state index in [1.165, 1.54) is 58.7 Å². The number of amides is 2. The molecule has 0 saturated carbocycles. The normalized spacial score (nSPS) is 14.5. The summed E-state index contributed by atoms with van der Waals surface area (Å²) in [7, 11) is 0. The number of nitrogens with one attached hydrogen (secondary N) is 1. The predicted octanol–water partition coefficient (Wildman–Crippen LogP) is 4.97. The van der Waals surface area contributed by atoms with Gasteiger partial charge in [0.15, 0.2) is 0 Å². The van der Waals surface area contributed by atoms with Gasteiger partial charge in [0.1, 0.15) is 10.1 Å². The van der Waals surface area contributed by atoms with Crippen molar-refractivity contribution in [3.63, 3.8) is 0 Å². The van der Waals surface area contributed by atoms with Gasteiger partial charge in [0.05, 0.1) is 17.1 Å². The highest BCUT2D eigenvalue weighted by Gasteiger charge is 2.32. The van der Waals surface area contributed by atoms with Crippen LogP contribution in [0.2, 0.25) is 0 Å². The number of rotatable bonds is 8. The van der Waals surface area contributed by atoms with E-state index in [-0.39, 0.29) is 37.0 Å². The van der Waals surface area contributed by atoms with Crippen LogP contribution in [0.1, 0.15) is 27.2 Å². The number of carbonyl (C=O) groups excluding carboxylic acids is 2. The van der Waals surface area contributed by atoms with Gasteiger partial charge in [0.25, 0.3) is 5.91 Å². The van der Waals surface area contributed by atoms with E-state index in [1.54, 1.807) is 6.08 Å². The summed E-state index contributed by atoms with van der Waals surface area (Å²) in [6.07, 6.45) is 1.71. The average molecular weight is 543 g/mol. The molecule has 1 aliphatic rings. The van der Waals surface area contributed by atoms with E-state index in [1.807, 2.05) is 11.4 Å². The number of hydrogen-bond donors (Lipinski definition) is 3. The lowest BCUT2D eigenvalue weighted by atomic mass is 10.0. The summed E-state index contributed by atoms with van der Waals surface area (Å²) in [4.78, 5) is 38.7. The molecule has 0 aliphatic carbocycles. The van der Waals surface area contributed by atoms with Crippen molar-refractivity contribution >= 4 is 69.2 Å². The first-order valence-electron chi connectivity index (χ1n) is 10.6. The zero-order chi connectivity index (χ0) is 25.8. The molecule has 2 heterocycles. The number of carboxylic acids is 1. The van der Waals surface area contributed by atoms with Gasteiger partial charge < -0.3 is 15.5 Å². The molecule has 1 saturated heterocycles. The minimum absolute atomic E-state index is 0.00700.